The van der Waals surface area contributed by atoms with Crippen LogP contribution in [0.4, 0.5) is 14.5 Å². The normalized spacial score (nSPS) is 12.9. The summed E-state index contributed by atoms with van der Waals surface area (Å²) in [5.74, 6) is -0.424. The molecule has 2 nitrogen and oxygen atoms in total. The first-order chi connectivity index (χ1) is 7.54. The Balaban J connectivity index is 2.60. The molecule has 0 spiro atoms. The summed E-state index contributed by atoms with van der Waals surface area (Å²) in [4.78, 5) is 0. The van der Waals surface area contributed by atoms with Crippen LogP contribution in [0, 0.1) is 23.5 Å². The van der Waals surface area contributed by atoms with Crippen molar-refractivity contribution in [2.45, 2.75) is 13.8 Å². The van der Waals surface area contributed by atoms with Crippen molar-refractivity contribution in [2.24, 2.45) is 17.6 Å². The number of halogens is 2. The van der Waals surface area contributed by atoms with Crippen LogP contribution in [-0.2, 0) is 0 Å². The van der Waals surface area contributed by atoms with Gasteiger partial charge in [0, 0.05) is 12.6 Å². The summed E-state index contributed by atoms with van der Waals surface area (Å²) < 4.78 is 25.9. The second kappa shape index (κ2) is 5.80. The third-order valence-electron chi connectivity index (χ3n) is 2.73. The maximum absolute atomic E-state index is 13.3. The molecule has 0 amide bonds. The molecule has 1 rings (SSSR count). The maximum Gasteiger partial charge on any atom is 0.149 e. The van der Waals surface area contributed by atoms with Gasteiger partial charge in [-0.25, -0.2) is 8.78 Å². The first-order valence-corrected chi connectivity index (χ1v) is 5.43. The monoisotopic (exact) mass is 228 g/mol. The van der Waals surface area contributed by atoms with Crippen molar-refractivity contribution in [2.75, 3.05) is 18.4 Å². The molecule has 3 N–H and O–H groups in total. The Labute approximate surface area is 94.8 Å². The van der Waals surface area contributed by atoms with Gasteiger partial charge in [-0.3, -0.25) is 0 Å². The van der Waals surface area contributed by atoms with Crippen LogP contribution in [0.1, 0.15) is 13.8 Å². The molecule has 0 heterocycles. The third kappa shape index (κ3) is 3.45. The van der Waals surface area contributed by atoms with Crippen LogP contribution in [0.3, 0.4) is 0 Å². The second-order valence-electron chi connectivity index (χ2n) is 4.24. The Bertz CT molecular complexity index is 340. The van der Waals surface area contributed by atoms with E-state index >= 15 is 0 Å². The van der Waals surface area contributed by atoms with Crippen molar-refractivity contribution in [1.29, 1.82) is 0 Å². The van der Waals surface area contributed by atoms with Crippen molar-refractivity contribution >= 4 is 5.69 Å². The minimum absolute atomic E-state index is 0.282. The predicted molar refractivity (Wildman–Crippen MR) is 62.2 cm³/mol. The number of hydrogen-bond acceptors (Lipinski definition) is 2. The van der Waals surface area contributed by atoms with Gasteiger partial charge in [-0.15, -0.1) is 0 Å². The van der Waals surface area contributed by atoms with Gasteiger partial charge in [0.15, 0.2) is 0 Å². The quantitative estimate of drug-likeness (QED) is 0.813. The number of nitrogens with two attached hydrogens (primary N) is 1. The van der Waals surface area contributed by atoms with E-state index in [1.165, 1.54) is 12.1 Å². The Kier molecular flexibility index (Phi) is 4.68. The van der Waals surface area contributed by atoms with Crippen LogP contribution >= 0.6 is 0 Å². The highest BCUT2D eigenvalue weighted by Gasteiger charge is 2.12. The summed E-state index contributed by atoms with van der Waals surface area (Å²) in [6.45, 7) is 5.28. The molecule has 0 aliphatic carbocycles. The average molecular weight is 228 g/mol. The summed E-state index contributed by atoms with van der Waals surface area (Å²) >= 11 is 0. The zero-order valence-corrected chi connectivity index (χ0v) is 9.63. The minimum Gasteiger partial charge on any atom is -0.382 e. The van der Waals surface area contributed by atoms with Gasteiger partial charge in [-0.05, 0) is 30.5 Å². The molecular formula is C12H18F2N2. The van der Waals surface area contributed by atoms with Gasteiger partial charge in [-0.1, -0.05) is 13.8 Å². The van der Waals surface area contributed by atoms with E-state index in [0.29, 0.717) is 24.7 Å². The van der Waals surface area contributed by atoms with Crippen LogP contribution in [0.5, 0.6) is 0 Å². The topological polar surface area (TPSA) is 38.0 Å². The van der Waals surface area contributed by atoms with E-state index in [2.05, 4.69) is 19.2 Å². The van der Waals surface area contributed by atoms with Crippen LogP contribution in [-0.4, -0.2) is 13.1 Å². The Morgan fingerprint density at radius 2 is 2.00 bits per heavy atom. The molecule has 0 saturated carbocycles. The number of nitrogens with one attached hydrogen (secondary N) is 1. The van der Waals surface area contributed by atoms with Crippen molar-refractivity contribution in [3.05, 3.63) is 29.8 Å². The molecule has 0 radical (unpaired) electrons. The van der Waals surface area contributed by atoms with Crippen molar-refractivity contribution < 1.29 is 8.78 Å². The average Bonchev–Trinajstić information content (AvgIpc) is 2.21. The minimum atomic E-state index is -0.570. The van der Waals surface area contributed by atoms with E-state index in [1.807, 2.05) is 0 Å². The first kappa shape index (κ1) is 12.9. The van der Waals surface area contributed by atoms with E-state index in [-0.39, 0.29) is 5.92 Å². The molecule has 0 bridgehead atoms. The van der Waals surface area contributed by atoms with Gasteiger partial charge >= 0.3 is 0 Å². The molecule has 0 aliphatic rings. The van der Waals surface area contributed by atoms with Gasteiger partial charge in [0.2, 0.25) is 0 Å². The molecule has 1 aromatic rings. The lowest BCUT2D eigenvalue weighted by Crippen LogP contribution is -2.27. The Morgan fingerprint density at radius 3 is 2.50 bits per heavy atom. The number of hydrogen-bond donors (Lipinski definition) is 2. The van der Waals surface area contributed by atoms with E-state index < -0.39 is 11.6 Å². The zero-order chi connectivity index (χ0) is 12.1. The first-order valence-electron chi connectivity index (χ1n) is 5.43. The molecule has 0 aromatic heterocycles. The zero-order valence-electron chi connectivity index (χ0n) is 9.63. The smallest absolute Gasteiger partial charge is 0.149 e. The van der Waals surface area contributed by atoms with Crippen molar-refractivity contribution in [3.8, 4) is 0 Å². The molecule has 1 aromatic carbocycles. The highest BCUT2D eigenvalue weighted by molar-refractivity contribution is 5.44. The third-order valence-corrected chi connectivity index (χ3v) is 2.73. The van der Waals surface area contributed by atoms with Gasteiger partial charge in [0.1, 0.15) is 11.6 Å². The molecule has 0 saturated heterocycles. The van der Waals surface area contributed by atoms with Crippen LogP contribution in [0.15, 0.2) is 18.2 Å². The lowest BCUT2D eigenvalue weighted by atomic mass is 9.96. The van der Waals surface area contributed by atoms with Crippen LogP contribution in [0.2, 0.25) is 0 Å². The lowest BCUT2D eigenvalue weighted by Gasteiger charge is -2.20. The van der Waals surface area contributed by atoms with Crippen LogP contribution in [0.25, 0.3) is 0 Å². The second-order valence-corrected chi connectivity index (χ2v) is 4.24. The van der Waals surface area contributed by atoms with Crippen molar-refractivity contribution in [1.82, 2.24) is 0 Å². The highest BCUT2D eigenvalue weighted by Crippen LogP contribution is 2.17. The fraction of sp³-hybridized carbons (Fsp3) is 0.500. The van der Waals surface area contributed by atoms with Crippen LogP contribution < -0.4 is 11.1 Å². The molecule has 1 unspecified atom stereocenters. The Hall–Kier alpha value is -1.16. The largest absolute Gasteiger partial charge is 0.382 e. The maximum atomic E-state index is 13.3. The molecule has 0 fully saturated rings. The summed E-state index contributed by atoms with van der Waals surface area (Å²) in [5.41, 5.74) is 5.93. The van der Waals surface area contributed by atoms with E-state index in [1.54, 1.807) is 0 Å². The molecule has 0 aliphatic heterocycles. The predicted octanol–water partition coefficient (Wildman–Crippen LogP) is 2.61. The van der Waals surface area contributed by atoms with E-state index in [4.69, 9.17) is 5.73 Å². The number of rotatable bonds is 5. The van der Waals surface area contributed by atoms with Gasteiger partial charge in [0.25, 0.3) is 0 Å². The summed E-state index contributed by atoms with van der Waals surface area (Å²) in [6.07, 6.45) is 0. The molecule has 4 heteroatoms. The molecule has 1 atom stereocenters. The van der Waals surface area contributed by atoms with Gasteiger partial charge in [-0.2, -0.15) is 0 Å². The summed E-state index contributed by atoms with van der Waals surface area (Å²) in [7, 11) is 0. The van der Waals surface area contributed by atoms with E-state index in [9.17, 15) is 8.78 Å². The number of anilines is 1. The SMILES string of the molecule is CC(C)C(CN)CNc1ccc(F)cc1F. The molecular weight excluding hydrogens is 210 g/mol. The fourth-order valence-corrected chi connectivity index (χ4v) is 1.47. The van der Waals surface area contributed by atoms with E-state index in [0.717, 1.165) is 6.07 Å². The Morgan fingerprint density at radius 1 is 1.31 bits per heavy atom. The van der Waals surface area contributed by atoms with Gasteiger partial charge < -0.3 is 11.1 Å². The fourth-order valence-electron chi connectivity index (χ4n) is 1.47. The van der Waals surface area contributed by atoms with Gasteiger partial charge in [0.05, 0.1) is 5.69 Å². The molecule has 90 valence electrons. The molecule has 16 heavy (non-hydrogen) atoms. The standard InChI is InChI=1S/C12H18F2N2/c1-8(2)9(6-15)7-16-12-4-3-10(13)5-11(12)14/h3-5,8-9,16H,6-7,15H2,1-2H3. The lowest BCUT2D eigenvalue weighted by molar-refractivity contribution is 0.412. The summed E-state index contributed by atoms with van der Waals surface area (Å²) in [6, 6.07) is 3.51. The highest BCUT2D eigenvalue weighted by atomic mass is 19.1. The summed E-state index contributed by atoms with van der Waals surface area (Å²) in [5, 5.41) is 2.95. The number of benzene rings is 1. The van der Waals surface area contributed by atoms with Crippen molar-refractivity contribution in [3.63, 3.8) is 0 Å².